The minimum absolute atomic E-state index is 0.0934. The molecule has 0 radical (unpaired) electrons. The highest BCUT2D eigenvalue weighted by Crippen LogP contribution is 2.31. The van der Waals surface area contributed by atoms with Gasteiger partial charge in [-0.05, 0) is 50.3 Å². The van der Waals surface area contributed by atoms with Crippen LogP contribution in [0.4, 0.5) is 5.69 Å². The Labute approximate surface area is 136 Å². The second kappa shape index (κ2) is 7.17. The van der Waals surface area contributed by atoms with Crippen LogP contribution in [0.15, 0.2) is 42.5 Å². The summed E-state index contributed by atoms with van der Waals surface area (Å²) in [5.74, 6) is 0. The van der Waals surface area contributed by atoms with Gasteiger partial charge in [-0.1, -0.05) is 47.5 Å². The maximum atomic E-state index is 6.26. The van der Waals surface area contributed by atoms with E-state index in [4.69, 9.17) is 23.2 Å². The van der Waals surface area contributed by atoms with E-state index in [-0.39, 0.29) is 6.04 Å². The first-order valence-electron chi connectivity index (χ1n) is 6.91. The van der Waals surface area contributed by atoms with Crippen LogP contribution in [-0.4, -0.2) is 19.0 Å². The van der Waals surface area contributed by atoms with E-state index in [2.05, 4.69) is 55.5 Å². The lowest BCUT2D eigenvalue weighted by Gasteiger charge is -2.18. The van der Waals surface area contributed by atoms with Gasteiger partial charge in [0.25, 0.3) is 0 Å². The molecule has 0 fully saturated rings. The molecule has 0 aromatic heterocycles. The lowest BCUT2D eigenvalue weighted by atomic mass is 10.1. The molecule has 0 amide bonds. The summed E-state index contributed by atoms with van der Waals surface area (Å²) in [6.45, 7) is 3.02. The molecule has 2 aromatic carbocycles. The predicted octanol–water partition coefficient (Wildman–Crippen LogP) is 5.23. The lowest BCUT2D eigenvalue weighted by Crippen LogP contribution is -2.11. The van der Waals surface area contributed by atoms with Gasteiger partial charge in [-0.15, -0.1) is 0 Å². The molecule has 1 atom stereocenters. The Morgan fingerprint density at radius 3 is 2.33 bits per heavy atom. The molecule has 112 valence electrons. The van der Waals surface area contributed by atoms with Crippen molar-refractivity contribution in [2.75, 3.05) is 19.4 Å². The number of anilines is 1. The monoisotopic (exact) mass is 322 g/mol. The second-order valence-corrected chi connectivity index (χ2v) is 6.23. The Morgan fingerprint density at radius 2 is 1.71 bits per heavy atom. The average molecular weight is 323 g/mol. The van der Waals surface area contributed by atoms with Crippen molar-refractivity contribution in [2.45, 2.75) is 19.5 Å². The standard InChI is InChI=1S/C17H20Cl2N2/c1-12(15-5-4-6-16(18)17(15)19)20-14-9-7-13(8-10-14)11-21(2)3/h4-10,12,20H,11H2,1-3H3. The fourth-order valence-corrected chi connectivity index (χ4v) is 2.73. The zero-order valence-electron chi connectivity index (χ0n) is 12.5. The SMILES string of the molecule is CC(Nc1ccc(CN(C)C)cc1)c1cccc(Cl)c1Cl. The highest BCUT2D eigenvalue weighted by Gasteiger charge is 2.11. The van der Waals surface area contributed by atoms with Crippen LogP contribution in [0.5, 0.6) is 0 Å². The van der Waals surface area contributed by atoms with Gasteiger partial charge in [-0.2, -0.15) is 0 Å². The maximum absolute atomic E-state index is 6.26. The predicted molar refractivity (Wildman–Crippen MR) is 92.3 cm³/mol. The largest absolute Gasteiger partial charge is 0.378 e. The molecular weight excluding hydrogens is 303 g/mol. The molecule has 0 aliphatic carbocycles. The summed E-state index contributed by atoms with van der Waals surface area (Å²) in [5, 5.41) is 4.65. The summed E-state index contributed by atoms with van der Waals surface area (Å²) >= 11 is 12.3. The van der Waals surface area contributed by atoms with Crippen LogP contribution >= 0.6 is 23.2 Å². The van der Waals surface area contributed by atoms with E-state index in [0.29, 0.717) is 10.0 Å². The molecule has 0 saturated carbocycles. The van der Waals surface area contributed by atoms with E-state index in [1.54, 1.807) is 6.07 Å². The van der Waals surface area contributed by atoms with Gasteiger partial charge in [0, 0.05) is 12.2 Å². The molecule has 0 saturated heterocycles. The number of benzene rings is 2. The van der Waals surface area contributed by atoms with Crippen molar-refractivity contribution in [3.8, 4) is 0 Å². The summed E-state index contributed by atoms with van der Waals surface area (Å²) in [6, 6.07) is 14.3. The van der Waals surface area contributed by atoms with Crippen LogP contribution in [0.25, 0.3) is 0 Å². The van der Waals surface area contributed by atoms with Crippen LogP contribution in [-0.2, 0) is 6.54 Å². The van der Waals surface area contributed by atoms with Gasteiger partial charge in [0.15, 0.2) is 0 Å². The zero-order chi connectivity index (χ0) is 15.4. The maximum Gasteiger partial charge on any atom is 0.0644 e. The van der Waals surface area contributed by atoms with Crippen molar-refractivity contribution in [3.05, 3.63) is 63.6 Å². The third kappa shape index (κ3) is 4.37. The highest BCUT2D eigenvalue weighted by molar-refractivity contribution is 6.42. The Hall–Kier alpha value is -1.22. The van der Waals surface area contributed by atoms with Crippen molar-refractivity contribution in [3.63, 3.8) is 0 Å². The van der Waals surface area contributed by atoms with Gasteiger partial charge in [0.1, 0.15) is 0 Å². The molecule has 0 aliphatic rings. The molecule has 1 unspecified atom stereocenters. The number of rotatable bonds is 5. The number of nitrogens with zero attached hydrogens (tertiary/aromatic N) is 1. The third-order valence-corrected chi connectivity index (χ3v) is 4.12. The Kier molecular flexibility index (Phi) is 5.51. The Bertz CT molecular complexity index is 594. The van der Waals surface area contributed by atoms with Gasteiger partial charge < -0.3 is 10.2 Å². The smallest absolute Gasteiger partial charge is 0.0644 e. The zero-order valence-corrected chi connectivity index (χ0v) is 14.0. The van der Waals surface area contributed by atoms with Crippen LogP contribution < -0.4 is 5.32 Å². The summed E-state index contributed by atoms with van der Waals surface area (Å²) < 4.78 is 0. The van der Waals surface area contributed by atoms with Crippen molar-refractivity contribution in [2.24, 2.45) is 0 Å². The first kappa shape index (κ1) is 16.2. The molecule has 0 spiro atoms. The van der Waals surface area contributed by atoms with E-state index in [9.17, 15) is 0 Å². The van der Waals surface area contributed by atoms with Crippen LogP contribution in [0.1, 0.15) is 24.1 Å². The molecule has 2 aromatic rings. The fraction of sp³-hybridized carbons (Fsp3) is 0.294. The van der Waals surface area contributed by atoms with Crippen molar-refractivity contribution in [1.82, 2.24) is 4.90 Å². The molecule has 4 heteroatoms. The third-order valence-electron chi connectivity index (χ3n) is 3.28. The van der Waals surface area contributed by atoms with Gasteiger partial charge in [-0.3, -0.25) is 0 Å². The number of hydrogen-bond acceptors (Lipinski definition) is 2. The quantitative estimate of drug-likeness (QED) is 0.811. The second-order valence-electron chi connectivity index (χ2n) is 5.44. The lowest BCUT2D eigenvalue weighted by molar-refractivity contribution is 0.402. The number of halogens is 2. The van der Waals surface area contributed by atoms with E-state index in [1.165, 1.54) is 5.56 Å². The van der Waals surface area contributed by atoms with Gasteiger partial charge in [0.05, 0.1) is 16.1 Å². The normalized spacial score (nSPS) is 12.5. The summed E-state index contributed by atoms with van der Waals surface area (Å²) in [4.78, 5) is 2.15. The van der Waals surface area contributed by atoms with Crippen molar-refractivity contribution in [1.29, 1.82) is 0 Å². The van der Waals surface area contributed by atoms with Crippen molar-refractivity contribution < 1.29 is 0 Å². The van der Waals surface area contributed by atoms with Gasteiger partial charge in [-0.25, -0.2) is 0 Å². The van der Waals surface area contributed by atoms with Gasteiger partial charge >= 0.3 is 0 Å². The van der Waals surface area contributed by atoms with E-state index >= 15 is 0 Å². The molecule has 0 aliphatic heterocycles. The molecular formula is C17H20Cl2N2. The van der Waals surface area contributed by atoms with Crippen LogP contribution in [0.3, 0.4) is 0 Å². The molecule has 21 heavy (non-hydrogen) atoms. The van der Waals surface area contributed by atoms with Crippen LogP contribution in [0, 0.1) is 0 Å². The first-order valence-corrected chi connectivity index (χ1v) is 7.67. The molecule has 0 bridgehead atoms. The molecule has 2 rings (SSSR count). The summed E-state index contributed by atoms with van der Waals surface area (Å²) in [7, 11) is 4.13. The Balaban J connectivity index is 2.09. The summed E-state index contributed by atoms with van der Waals surface area (Å²) in [5.41, 5.74) is 3.36. The Morgan fingerprint density at radius 1 is 1.05 bits per heavy atom. The van der Waals surface area contributed by atoms with Gasteiger partial charge in [0.2, 0.25) is 0 Å². The fourth-order valence-electron chi connectivity index (χ4n) is 2.25. The van der Waals surface area contributed by atoms with Crippen LogP contribution in [0.2, 0.25) is 10.0 Å². The summed E-state index contributed by atoms with van der Waals surface area (Å²) in [6.07, 6.45) is 0. The van der Waals surface area contributed by atoms with E-state index < -0.39 is 0 Å². The average Bonchev–Trinajstić information content (AvgIpc) is 2.43. The highest BCUT2D eigenvalue weighted by atomic mass is 35.5. The van der Waals surface area contributed by atoms with Crippen molar-refractivity contribution >= 4 is 28.9 Å². The first-order chi connectivity index (χ1) is 9.97. The van der Waals surface area contributed by atoms with E-state index in [1.807, 2.05) is 12.1 Å². The number of nitrogens with one attached hydrogen (secondary N) is 1. The topological polar surface area (TPSA) is 15.3 Å². The minimum Gasteiger partial charge on any atom is -0.378 e. The minimum atomic E-state index is 0.0934. The molecule has 2 nitrogen and oxygen atoms in total. The van der Waals surface area contributed by atoms with E-state index in [0.717, 1.165) is 17.8 Å². The molecule has 0 heterocycles. The molecule has 1 N–H and O–H groups in total. The number of hydrogen-bond donors (Lipinski definition) is 1.